The summed E-state index contributed by atoms with van der Waals surface area (Å²) in [5.41, 5.74) is 9.32. The number of allylic oxidation sites excluding steroid dienone is 2. The van der Waals surface area contributed by atoms with Crippen LogP contribution in [0.2, 0.25) is 0 Å². The first-order chi connectivity index (χ1) is 28.3. The van der Waals surface area contributed by atoms with Crippen LogP contribution >= 0.6 is 0 Å². The lowest BCUT2D eigenvalue weighted by Crippen LogP contribution is -2.29. The summed E-state index contributed by atoms with van der Waals surface area (Å²) in [6, 6.07) is 25.6. The molecule has 5 rings (SSSR count). The number of ether oxygens (including phenoxy) is 4. The lowest BCUT2D eigenvalue weighted by atomic mass is 9.67. The average molecular weight is 787 g/mol. The van der Waals surface area contributed by atoms with E-state index in [9.17, 15) is 9.59 Å². The van der Waals surface area contributed by atoms with E-state index in [0.717, 1.165) is 110 Å². The van der Waals surface area contributed by atoms with Gasteiger partial charge in [0, 0.05) is 6.42 Å². The number of rotatable bonds is 23. The number of aryl methyl sites for hydroxylation is 1. The molecule has 1 aliphatic rings. The number of carbonyl (C=O) groups excluding carboxylic acids is 2. The highest BCUT2D eigenvalue weighted by atomic mass is 16.6. The molecule has 1 atom stereocenters. The molecule has 0 saturated heterocycles. The van der Waals surface area contributed by atoms with Gasteiger partial charge in [-0.25, -0.2) is 4.79 Å². The van der Waals surface area contributed by atoms with Crippen LogP contribution in [0.4, 0.5) is 0 Å². The van der Waals surface area contributed by atoms with Crippen molar-refractivity contribution in [1.82, 2.24) is 0 Å². The molecule has 0 saturated carbocycles. The fourth-order valence-electron chi connectivity index (χ4n) is 8.26. The smallest absolute Gasteiger partial charge is 0.341 e. The Kier molecular flexibility index (Phi) is 16.6. The van der Waals surface area contributed by atoms with Crippen LogP contribution in [0.3, 0.4) is 0 Å². The summed E-state index contributed by atoms with van der Waals surface area (Å²) in [6.07, 6.45) is 15.4. The minimum atomic E-state index is -0.914. The van der Waals surface area contributed by atoms with E-state index >= 15 is 0 Å². The van der Waals surface area contributed by atoms with E-state index in [1.165, 1.54) is 17.6 Å². The van der Waals surface area contributed by atoms with Crippen LogP contribution in [0, 0.1) is 6.92 Å². The fourth-order valence-corrected chi connectivity index (χ4v) is 8.26. The fraction of sp³-hybridized carbons (Fsp3) is 0.462. The minimum absolute atomic E-state index is 0.229. The van der Waals surface area contributed by atoms with Gasteiger partial charge in [0.25, 0.3) is 0 Å². The second-order valence-corrected chi connectivity index (χ2v) is 15.6. The lowest BCUT2D eigenvalue weighted by Gasteiger charge is -2.35. The number of fused-ring (bicyclic) bond motifs is 3. The molecule has 4 aromatic carbocycles. The predicted molar refractivity (Wildman–Crippen MR) is 237 cm³/mol. The highest BCUT2D eigenvalue weighted by molar-refractivity contribution is 5.94. The molecular weight excluding hydrogens is 721 g/mol. The molecule has 0 fully saturated rings. The van der Waals surface area contributed by atoms with Gasteiger partial charge in [-0.1, -0.05) is 133 Å². The Balaban J connectivity index is 1.81. The third-order valence-corrected chi connectivity index (χ3v) is 11.4. The van der Waals surface area contributed by atoms with Gasteiger partial charge in [-0.2, -0.15) is 0 Å². The highest BCUT2D eigenvalue weighted by Crippen LogP contribution is 2.58. The summed E-state index contributed by atoms with van der Waals surface area (Å²) >= 11 is 0. The zero-order chi connectivity index (χ0) is 41.5. The van der Waals surface area contributed by atoms with Crippen molar-refractivity contribution in [1.29, 1.82) is 0 Å². The van der Waals surface area contributed by atoms with Gasteiger partial charge in [0.05, 0.1) is 25.2 Å². The van der Waals surface area contributed by atoms with Crippen molar-refractivity contribution >= 4 is 17.5 Å². The number of hydrogen-bond acceptors (Lipinski definition) is 6. The molecule has 58 heavy (non-hydrogen) atoms. The lowest BCUT2D eigenvalue weighted by molar-refractivity contribution is -0.134. The summed E-state index contributed by atoms with van der Waals surface area (Å²) in [5, 5.41) is 0. The van der Waals surface area contributed by atoms with Crippen molar-refractivity contribution in [3.8, 4) is 28.4 Å². The summed E-state index contributed by atoms with van der Waals surface area (Å²) in [6.45, 7) is 15.8. The molecule has 0 spiro atoms. The maximum absolute atomic E-state index is 13.9. The Morgan fingerprint density at radius 3 is 1.86 bits per heavy atom. The van der Waals surface area contributed by atoms with Crippen LogP contribution in [-0.4, -0.2) is 31.8 Å². The normalized spacial score (nSPS) is 14.5. The molecule has 1 aliphatic carbocycles. The molecular formula is C52H66O6. The minimum Gasteiger partial charge on any atom is -0.493 e. The number of hydrogen-bond donors (Lipinski definition) is 0. The molecule has 4 aromatic rings. The number of unbranched alkanes of at least 4 members (excludes halogenated alkanes) is 8. The van der Waals surface area contributed by atoms with E-state index in [1.807, 2.05) is 31.2 Å². The molecule has 0 radical (unpaired) electrons. The number of benzene rings is 4. The van der Waals surface area contributed by atoms with Gasteiger partial charge in [-0.3, -0.25) is 4.79 Å². The first-order valence-electron chi connectivity index (χ1n) is 22.1. The van der Waals surface area contributed by atoms with Crippen LogP contribution in [0.1, 0.15) is 169 Å². The van der Waals surface area contributed by atoms with E-state index in [-0.39, 0.29) is 19.0 Å². The Labute approximate surface area is 348 Å². The van der Waals surface area contributed by atoms with Gasteiger partial charge in [0.15, 0.2) is 11.5 Å². The zero-order valence-corrected chi connectivity index (χ0v) is 36.3. The maximum Gasteiger partial charge on any atom is 0.341 e. The molecule has 6 heteroatoms. The largest absolute Gasteiger partial charge is 0.493 e. The Morgan fingerprint density at radius 2 is 1.22 bits per heavy atom. The van der Waals surface area contributed by atoms with Crippen LogP contribution < -0.4 is 14.2 Å². The second kappa shape index (κ2) is 21.8. The van der Waals surface area contributed by atoms with Crippen molar-refractivity contribution in [2.75, 3.05) is 19.8 Å². The Morgan fingerprint density at radius 1 is 0.621 bits per heavy atom. The Hall–Kier alpha value is -4.84. The van der Waals surface area contributed by atoms with Crippen molar-refractivity contribution in [3.63, 3.8) is 0 Å². The van der Waals surface area contributed by atoms with E-state index in [0.29, 0.717) is 36.0 Å². The van der Waals surface area contributed by atoms with Gasteiger partial charge < -0.3 is 18.9 Å². The second-order valence-electron chi connectivity index (χ2n) is 15.6. The third kappa shape index (κ3) is 10.1. The highest BCUT2D eigenvalue weighted by Gasteiger charge is 2.47. The third-order valence-electron chi connectivity index (χ3n) is 11.4. The molecule has 0 aromatic heterocycles. The summed E-state index contributed by atoms with van der Waals surface area (Å²) < 4.78 is 24.5. The molecule has 6 nitrogen and oxygen atoms in total. The van der Waals surface area contributed by atoms with E-state index in [4.69, 9.17) is 18.9 Å². The van der Waals surface area contributed by atoms with Crippen molar-refractivity contribution in [2.45, 2.75) is 137 Å². The SMILES string of the molecule is CC=C(CCCCC)c1ccc2c(c1)C(c1ccc(OCCCCCC)c(OC(=O)CC)c1)(c1ccc(OCCCCCC)c(C(=O)OCC)c1)c1cc(C)ccc1-2. The van der Waals surface area contributed by atoms with Crippen LogP contribution in [0.15, 0.2) is 78.9 Å². The van der Waals surface area contributed by atoms with Crippen molar-refractivity contribution < 1.29 is 28.5 Å². The van der Waals surface area contributed by atoms with E-state index in [2.05, 4.69) is 89.2 Å². The first-order valence-corrected chi connectivity index (χ1v) is 22.1. The van der Waals surface area contributed by atoms with Crippen LogP contribution in [0.5, 0.6) is 17.2 Å². The topological polar surface area (TPSA) is 71.1 Å². The number of esters is 2. The maximum atomic E-state index is 13.9. The molecule has 0 amide bonds. The molecule has 0 heterocycles. The standard InChI is InChI=1S/C52H66O6/c1-8-14-17-20-31-56-47-29-25-40(35-44(47)51(54)55-13-6)52(41-26-30-48(57-32-21-18-15-9-2)49(36-41)58-50(53)12-5)45-33-37(7)23-27-42(45)43-28-24-39(34-46(43)52)38(11-4)22-19-16-10-3/h11,23-30,33-36H,8-10,12-22,31-32H2,1-7H3. The predicted octanol–water partition coefficient (Wildman–Crippen LogP) is 13.8. The summed E-state index contributed by atoms with van der Waals surface area (Å²) in [5.74, 6) is 0.698. The average Bonchev–Trinajstić information content (AvgIpc) is 3.52. The first kappa shape index (κ1) is 44.3. The summed E-state index contributed by atoms with van der Waals surface area (Å²) in [7, 11) is 0. The molecule has 0 aliphatic heterocycles. The van der Waals surface area contributed by atoms with E-state index < -0.39 is 11.4 Å². The molecule has 0 bridgehead atoms. The van der Waals surface area contributed by atoms with Crippen LogP contribution in [0.25, 0.3) is 16.7 Å². The van der Waals surface area contributed by atoms with Gasteiger partial charge in [0.1, 0.15) is 11.3 Å². The zero-order valence-electron chi connectivity index (χ0n) is 36.3. The van der Waals surface area contributed by atoms with Crippen molar-refractivity contribution in [2.24, 2.45) is 0 Å². The quantitative estimate of drug-likeness (QED) is 0.0373. The molecule has 310 valence electrons. The number of carbonyl (C=O) groups is 2. The van der Waals surface area contributed by atoms with Gasteiger partial charge in [0.2, 0.25) is 0 Å². The summed E-state index contributed by atoms with van der Waals surface area (Å²) in [4.78, 5) is 26.9. The Bertz CT molecular complexity index is 2020. The van der Waals surface area contributed by atoms with Gasteiger partial charge in [-0.15, -0.1) is 0 Å². The van der Waals surface area contributed by atoms with E-state index in [1.54, 1.807) is 6.92 Å². The molecule has 1 unspecified atom stereocenters. The molecule has 0 N–H and O–H groups in total. The van der Waals surface area contributed by atoms with Crippen LogP contribution in [-0.2, 0) is 14.9 Å². The van der Waals surface area contributed by atoms with Gasteiger partial charge in [-0.05, 0) is 121 Å². The monoisotopic (exact) mass is 786 g/mol. The van der Waals surface area contributed by atoms with Gasteiger partial charge >= 0.3 is 11.9 Å². The van der Waals surface area contributed by atoms with Crippen molar-refractivity contribution in [3.05, 3.63) is 118 Å².